The first kappa shape index (κ1) is 51.8. The van der Waals surface area contributed by atoms with Gasteiger partial charge in [0.2, 0.25) is 0 Å². The van der Waals surface area contributed by atoms with Crippen molar-refractivity contribution in [3.05, 3.63) is 72.9 Å². The number of carbonyl (C=O) groups is 1. The van der Waals surface area contributed by atoms with E-state index in [1.54, 1.807) is 13.8 Å². The second-order valence-electron chi connectivity index (χ2n) is 17.1. The van der Waals surface area contributed by atoms with Gasteiger partial charge in [-0.05, 0) is 64.7 Å². The van der Waals surface area contributed by atoms with Gasteiger partial charge in [0, 0.05) is 38.0 Å². The number of aliphatic hydroxyl groups excluding tert-OH is 8. The van der Waals surface area contributed by atoms with Crippen molar-refractivity contribution in [3.8, 4) is 0 Å². The maximum absolute atomic E-state index is 12.5. The molecule has 12 unspecified atom stereocenters. The molecule has 3 aliphatic rings. The Kier molecular flexibility index (Phi) is 23.1. The molecule has 0 saturated carbocycles. The molecule has 2 fully saturated rings. The minimum atomic E-state index is -1.77. The lowest BCUT2D eigenvalue weighted by Crippen LogP contribution is -2.50. The summed E-state index contributed by atoms with van der Waals surface area (Å²) < 4.78 is 23.6. The predicted octanol–water partition coefficient (Wildman–Crippen LogP) is 3.72. The van der Waals surface area contributed by atoms with Gasteiger partial charge < -0.3 is 64.9 Å². The van der Waals surface area contributed by atoms with E-state index in [0.29, 0.717) is 6.42 Å². The van der Waals surface area contributed by atoms with E-state index < -0.39 is 91.3 Å². The highest BCUT2D eigenvalue weighted by atomic mass is 16.7. The zero-order chi connectivity index (χ0) is 44.2. The summed E-state index contributed by atoms with van der Waals surface area (Å²) in [6.45, 7) is 7.22. The van der Waals surface area contributed by atoms with Crippen LogP contribution in [0.15, 0.2) is 72.9 Å². The van der Waals surface area contributed by atoms with Crippen molar-refractivity contribution in [3.63, 3.8) is 0 Å². The third-order valence-corrected chi connectivity index (χ3v) is 11.4. The summed E-state index contributed by atoms with van der Waals surface area (Å²) >= 11 is 0. The number of fused-ring (bicyclic) bond motifs is 2. The fourth-order valence-electron chi connectivity index (χ4n) is 7.54. The van der Waals surface area contributed by atoms with Crippen LogP contribution in [0.2, 0.25) is 0 Å². The monoisotopic (exact) mass is 851 g/mol. The van der Waals surface area contributed by atoms with Crippen LogP contribution in [0.5, 0.6) is 0 Å². The quantitative estimate of drug-likeness (QED) is 0.180. The molecule has 14 heteroatoms. The molecule has 3 heterocycles. The first-order valence-corrected chi connectivity index (χ1v) is 21.8. The normalized spacial score (nSPS) is 44.4. The maximum Gasteiger partial charge on any atom is 0.308 e. The number of cyclic esters (lactones) is 1. The first-order valence-electron chi connectivity index (χ1n) is 21.8. The fraction of sp³-hybridized carbons (Fsp3) is 0.717. The molecular formula is C46H74O14. The Hall–Kier alpha value is -2.57. The molecule has 0 aromatic heterocycles. The Labute approximate surface area is 356 Å². The Morgan fingerprint density at radius 1 is 0.633 bits per heavy atom. The Bertz CT molecular complexity index is 1410. The average Bonchev–Trinajstić information content (AvgIpc) is 3.16. The summed E-state index contributed by atoms with van der Waals surface area (Å²) in [6, 6.07) is 0. The third kappa shape index (κ3) is 19.6. The zero-order valence-electron chi connectivity index (χ0n) is 35.8. The van der Waals surface area contributed by atoms with E-state index in [-0.39, 0.29) is 76.0 Å². The highest BCUT2D eigenvalue weighted by Gasteiger charge is 2.43. The van der Waals surface area contributed by atoms with Crippen molar-refractivity contribution in [1.29, 1.82) is 0 Å². The number of carbonyl (C=O) groups excluding carboxylic acids is 1. The summed E-state index contributed by atoms with van der Waals surface area (Å²) in [5, 5.41) is 96.2. The topological polar surface area (TPSA) is 236 Å². The molecule has 0 aliphatic carbocycles. The van der Waals surface area contributed by atoms with E-state index in [9.17, 15) is 50.8 Å². The summed E-state index contributed by atoms with van der Waals surface area (Å²) in [5.41, 5.74) is 0. The molecule has 16 atom stereocenters. The second kappa shape index (κ2) is 26.8. The number of hydrogen-bond donors (Lipinski definition) is 9. The standard InChI is InChI=1S/C46H74O14/c1-30-17-15-13-11-9-7-5-6-8-10-12-14-16-18-37(59-45-41(53)28-40(52)33(4)58-45)27-43-31(2)21-22-46(56,60-43)29-42(54)38(50)20-19-34(47)24-35(48)25-36(49)26-44(55)57-32(3)23-39(30)51/h5-6,8,10-18,30-43,45,47-54,56H,7,9,19-29H2,1-4H3/b6-5+,10-8+,13-11+,14-12+,17-15+,18-16+/t30-,31?,32-,33+,34?,35?,36?,37?,38?,39?,40?,41-,42?,43?,45?,46?/m0/s1. The minimum absolute atomic E-state index is 0.00708. The van der Waals surface area contributed by atoms with Gasteiger partial charge in [-0.1, -0.05) is 86.8 Å². The number of hydrogen-bond acceptors (Lipinski definition) is 14. The molecule has 0 aromatic carbocycles. The average molecular weight is 851 g/mol. The molecule has 3 rings (SSSR count). The molecule has 0 radical (unpaired) electrons. The molecule has 2 saturated heterocycles. The number of aliphatic hydroxyl groups is 9. The smallest absolute Gasteiger partial charge is 0.308 e. The molecule has 14 nitrogen and oxygen atoms in total. The van der Waals surface area contributed by atoms with Crippen LogP contribution in [0.3, 0.4) is 0 Å². The third-order valence-electron chi connectivity index (χ3n) is 11.4. The Morgan fingerprint density at radius 3 is 1.98 bits per heavy atom. The molecule has 3 aliphatic heterocycles. The van der Waals surface area contributed by atoms with Crippen LogP contribution >= 0.6 is 0 Å². The van der Waals surface area contributed by atoms with Crippen LogP contribution in [-0.4, -0.2) is 137 Å². The number of esters is 1. The van der Waals surface area contributed by atoms with Gasteiger partial charge in [-0.2, -0.15) is 0 Å². The lowest BCUT2D eigenvalue weighted by molar-refractivity contribution is -0.295. The van der Waals surface area contributed by atoms with Crippen LogP contribution < -0.4 is 0 Å². The van der Waals surface area contributed by atoms with Gasteiger partial charge in [0.1, 0.15) is 12.2 Å². The molecule has 342 valence electrons. The van der Waals surface area contributed by atoms with E-state index in [1.165, 1.54) is 0 Å². The van der Waals surface area contributed by atoms with Gasteiger partial charge in [0.15, 0.2) is 12.1 Å². The molecule has 0 aromatic rings. The fourth-order valence-corrected chi connectivity index (χ4v) is 7.54. The summed E-state index contributed by atoms with van der Waals surface area (Å²) in [4.78, 5) is 12.5. The molecule has 9 N–H and O–H groups in total. The van der Waals surface area contributed by atoms with Crippen molar-refractivity contribution in [2.75, 3.05) is 0 Å². The van der Waals surface area contributed by atoms with Crippen LogP contribution in [0.25, 0.3) is 0 Å². The van der Waals surface area contributed by atoms with E-state index in [1.807, 2.05) is 86.8 Å². The molecule has 0 amide bonds. The zero-order valence-corrected chi connectivity index (χ0v) is 35.8. The highest BCUT2D eigenvalue weighted by molar-refractivity contribution is 5.70. The highest BCUT2D eigenvalue weighted by Crippen LogP contribution is 2.37. The summed E-state index contributed by atoms with van der Waals surface area (Å²) in [7, 11) is 0. The number of ether oxygens (including phenoxy) is 4. The van der Waals surface area contributed by atoms with Crippen LogP contribution in [-0.2, 0) is 23.7 Å². The van der Waals surface area contributed by atoms with Gasteiger partial charge in [-0.25, -0.2) is 0 Å². The van der Waals surface area contributed by atoms with Crippen molar-refractivity contribution < 1.29 is 69.7 Å². The van der Waals surface area contributed by atoms with Crippen molar-refractivity contribution in [1.82, 2.24) is 0 Å². The van der Waals surface area contributed by atoms with Gasteiger partial charge in [-0.3, -0.25) is 4.79 Å². The molecule has 60 heavy (non-hydrogen) atoms. The Balaban J connectivity index is 1.73. The van der Waals surface area contributed by atoms with Crippen molar-refractivity contribution >= 4 is 5.97 Å². The molecule has 2 bridgehead atoms. The largest absolute Gasteiger partial charge is 0.462 e. The van der Waals surface area contributed by atoms with E-state index >= 15 is 0 Å². The van der Waals surface area contributed by atoms with Crippen molar-refractivity contribution in [2.45, 2.75) is 196 Å². The lowest BCUT2D eigenvalue weighted by Gasteiger charge is -2.43. The SMILES string of the molecule is CC1CCC2(O)CC(O)C(O)CCC(O)CC(O)CC(O)CC(=O)O[C@@H](C)CC(O)[C@@H](C)/C=C/C=C/CC/C=C/C=C/C=C/C=C/C(OC3O[C@H](C)C(O)C[C@@H]3O)CC1O2. The lowest BCUT2D eigenvalue weighted by atomic mass is 9.86. The van der Waals surface area contributed by atoms with Crippen LogP contribution in [0.4, 0.5) is 0 Å². The van der Waals surface area contributed by atoms with Gasteiger partial charge in [0.05, 0.1) is 67.5 Å². The number of rotatable bonds is 2. The summed E-state index contributed by atoms with van der Waals surface area (Å²) in [6.07, 6.45) is 12.5. The van der Waals surface area contributed by atoms with E-state index in [4.69, 9.17) is 18.9 Å². The molecular weight excluding hydrogens is 776 g/mol. The van der Waals surface area contributed by atoms with E-state index in [0.717, 1.165) is 12.8 Å². The van der Waals surface area contributed by atoms with Crippen LogP contribution in [0, 0.1) is 11.8 Å². The maximum atomic E-state index is 12.5. The van der Waals surface area contributed by atoms with Gasteiger partial charge >= 0.3 is 5.97 Å². The van der Waals surface area contributed by atoms with E-state index in [2.05, 4.69) is 0 Å². The Morgan fingerprint density at radius 2 is 1.27 bits per heavy atom. The van der Waals surface area contributed by atoms with Crippen LogP contribution in [0.1, 0.15) is 111 Å². The van der Waals surface area contributed by atoms with Gasteiger partial charge in [0.25, 0.3) is 0 Å². The predicted molar refractivity (Wildman–Crippen MR) is 226 cm³/mol. The second-order valence-corrected chi connectivity index (χ2v) is 17.1. The first-order chi connectivity index (χ1) is 28.4. The van der Waals surface area contributed by atoms with Crippen molar-refractivity contribution in [2.24, 2.45) is 11.8 Å². The minimum Gasteiger partial charge on any atom is -0.462 e. The number of allylic oxidation sites excluding steroid dienone is 10. The summed E-state index contributed by atoms with van der Waals surface area (Å²) in [5.74, 6) is -2.66. The van der Waals surface area contributed by atoms with Gasteiger partial charge in [-0.15, -0.1) is 0 Å². The molecule has 0 spiro atoms.